The number of nitrogens with zero attached hydrogens (tertiary/aromatic N) is 6. The van der Waals surface area contributed by atoms with Crippen molar-refractivity contribution in [3.05, 3.63) is 84.4 Å². The highest BCUT2D eigenvalue weighted by Crippen LogP contribution is 2.27. The van der Waals surface area contributed by atoms with Gasteiger partial charge in [-0.05, 0) is 63.5 Å². The zero-order valence-electron chi connectivity index (χ0n) is 20.8. The van der Waals surface area contributed by atoms with Crippen molar-refractivity contribution in [2.24, 2.45) is 20.8 Å². The second-order valence-electron chi connectivity index (χ2n) is 8.54. The Morgan fingerprint density at radius 3 is 2.61 bits per heavy atom. The van der Waals surface area contributed by atoms with Crippen molar-refractivity contribution in [1.29, 1.82) is 4.61 Å². The van der Waals surface area contributed by atoms with Crippen molar-refractivity contribution >= 4 is 33.9 Å². The Hall–Kier alpha value is -4.67. The van der Waals surface area contributed by atoms with Crippen LogP contribution in [0.3, 0.4) is 0 Å². The first-order chi connectivity index (χ1) is 18.5. The Morgan fingerprint density at radius 1 is 1.11 bits per heavy atom. The van der Waals surface area contributed by atoms with Crippen LogP contribution in [0.15, 0.2) is 93.8 Å². The highest BCUT2D eigenvalue weighted by Gasteiger charge is 2.35. The molecule has 196 valence electrons. The number of carbonyl (C=O) groups excluding carboxylic acids is 2. The normalized spacial score (nSPS) is 15.4. The monoisotopic (exact) mass is 532 g/mol. The molecule has 1 heterocycles. The van der Waals surface area contributed by atoms with Gasteiger partial charge in [0.05, 0.1) is 5.69 Å². The van der Waals surface area contributed by atoms with E-state index in [1.54, 1.807) is 13.1 Å². The summed E-state index contributed by atoms with van der Waals surface area (Å²) in [6.45, 7) is 0.626. The molecular formula is C26H28N8O3S. The first-order valence-electron chi connectivity index (χ1n) is 11.9. The van der Waals surface area contributed by atoms with Crippen LogP contribution in [0.4, 0.5) is 16.2 Å². The lowest BCUT2D eigenvalue weighted by molar-refractivity contribution is -0.120. The van der Waals surface area contributed by atoms with E-state index in [1.165, 1.54) is 9.21 Å². The maximum Gasteiger partial charge on any atom is 0.410 e. The fraction of sp³-hybridized carbons (Fsp3) is 0.231. The second-order valence-corrected chi connectivity index (χ2v) is 9.74. The van der Waals surface area contributed by atoms with E-state index >= 15 is 0 Å². The number of likely N-dealkylation sites (tertiary alicyclic amines) is 1. The predicted molar refractivity (Wildman–Crippen MR) is 146 cm³/mol. The molecule has 0 unspecified atom stereocenters. The highest BCUT2D eigenvalue weighted by atomic mass is 32.2. The molecular weight excluding hydrogens is 504 g/mol. The van der Waals surface area contributed by atoms with E-state index < -0.39 is 22.6 Å². The van der Waals surface area contributed by atoms with Gasteiger partial charge in [0.25, 0.3) is 0 Å². The van der Waals surface area contributed by atoms with Crippen molar-refractivity contribution in [3.63, 3.8) is 0 Å². The SMILES string of the molecule is CN(c1cccc(-c2cccc(NC(=O)[C@@H]3CCCN3C(=O)OCc3ccccc3)c2)c1)S(#N)=NN=NN. The van der Waals surface area contributed by atoms with Gasteiger partial charge in [-0.2, -0.15) is 0 Å². The summed E-state index contributed by atoms with van der Waals surface area (Å²) in [6.07, 6.45) is 0.798. The lowest BCUT2D eigenvalue weighted by atomic mass is 10.0. The topological polar surface area (TPSA) is 149 Å². The molecule has 0 aliphatic carbocycles. The molecule has 3 aromatic carbocycles. The molecule has 1 aliphatic heterocycles. The Bertz CT molecular complexity index is 1460. The van der Waals surface area contributed by atoms with E-state index in [0.29, 0.717) is 24.3 Å². The minimum absolute atomic E-state index is 0.156. The summed E-state index contributed by atoms with van der Waals surface area (Å²) in [4.78, 5) is 27.3. The van der Waals surface area contributed by atoms with Crippen molar-refractivity contribution in [1.82, 2.24) is 4.90 Å². The number of carbonyl (C=O) groups is 2. The Morgan fingerprint density at radius 2 is 1.84 bits per heavy atom. The van der Waals surface area contributed by atoms with Gasteiger partial charge < -0.3 is 15.9 Å². The third-order valence-electron chi connectivity index (χ3n) is 6.07. The molecule has 38 heavy (non-hydrogen) atoms. The van der Waals surface area contributed by atoms with E-state index in [0.717, 1.165) is 23.1 Å². The molecule has 11 nitrogen and oxygen atoms in total. The first kappa shape index (κ1) is 26.4. The largest absolute Gasteiger partial charge is 0.445 e. The fourth-order valence-corrected chi connectivity index (χ4v) is 4.67. The van der Waals surface area contributed by atoms with Crippen LogP contribution in [0, 0.1) is 4.61 Å². The van der Waals surface area contributed by atoms with Crippen LogP contribution in [0.25, 0.3) is 11.1 Å². The first-order valence-corrected chi connectivity index (χ1v) is 13.0. The molecule has 2 amide bonds. The predicted octanol–water partition coefficient (Wildman–Crippen LogP) is 4.97. The zero-order valence-corrected chi connectivity index (χ0v) is 21.6. The van der Waals surface area contributed by atoms with Crippen molar-refractivity contribution in [2.75, 3.05) is 23.2 Å². The Kier molecular flexibility index (Phi) is 8.70. The molecule has 0 saturated carbocycles. The van der Waals surface area contributed by atoms with Crippen molar-refractivity contribution in [3.8, 4) is 11.1 Å². The smallest absolute Gasteiger partial charge is 0.410 e. The van der Waals surface area contributed by atoms with E-state index in [2.05, 4.69) is 20.2 Å². The van der Waals surface area contributed by atoms with E-state index in [4.69, 9.17) is 10.6 Å². The lowest BCUT2D eigenvalue weighted by Crippen LogP contribution is -2.43. The van der Waals surface area contributed by atoms with Crippen molar-refractivity contribution < 1.29 is 14.3 Å². The van der Waals surface area contributed by atoms with E-state index in [9.17, 15) is 14.2 Å². The van der Waals surface area contributed by atoms with E-state index in [-0.39, 0.29) is 12.5 Å². The van der Waals surface area contributed by atoms with Crippen molar-refractivity contribution in [2.45, 2.75) is 25.5 Å². The number of ether oxygens (including phenoxy) is 1. The summed E-state index contributed by atoms with van der Waals surface area (Å²) >= 11 is 0. The summed E-state index contributed by atoms with van der Waals surface area (Å²) in [6, 6.07) is 23.7. The van der Waals surface area contributed by atoms with Gasteiger partial charge in [0.2, 0.25) is 5.91 Å². The second kappa shape index (κ2) is 12.5. The minimum atomic E-state index is -1.55. The van der Waals surface area contributed by atoms with Crippen LogP contribution >= 0.6 is 0 Å². The van der Waals surface area contributed by atoms with Crippen LogP contribution in [0.1, 0.15) is 18.4 Å². The number of rotatable bonds is 7. The minimum Gasteiger partial charge on any atom is -0.445 e. The van der Waals surface area contributed by atoms with Gasteiger partial charge in [0, 0.05) is 19.3 Å². The average molecular weight is 533 g/mol. The third-order valence-corrected chi connectivity index (χ3v) is 6.99. The molecule has 0 bridgehead atoms. The molecule has 1 aliphatic rings. The lowest BCUT2D eigenvalue weighted by Gasteiger charge is -2.23. The van der Waals surface area contributed by atoms with Gasteiger partial charge in [-0.1, -0.05) is 59.8 Å². The molecule has 0 spiro atoms. The van der Waals surface area contributed by atoms with Gasteiger partial charge in [-0.25, -0.2) is 4.79 Å². The number of nitrogens with one attached hydrogen (secondary N) is 1. The van der Waals surface area contributed by atoms with Crippen LogP contribution in [0.2, 0.25) is 0 Å². The van der Waals surface area contributed by atoms with Crippen LogP contribution in [-0.4, -0.2) is 36.5 Å². The van der Waals surface area contributed by atoms with Crippen LogP contribution in [0.5, 0.6) is 0 Å². The molecule has 0 aromatic heterocycles. The maximum atomic E-state index is 13.1. The fourth-order valence-electron chi connectivity index (χ4n) is 4.15. The quantitative estimate of drug-likeness (QED) is 0.249. The molecule has 1 saturated heterocycles. The van der Waals surface area contributed by atoms with Gasteiger partial charge >= 0.3 is 6.09 Å². The van der Waals surface area contributed by atoms with Gasteiger partial charge in [-0.3, -0.25) is 14.0 Å². The Balaban J connectivity index is 1.43. The molecule has 3 aromatic rings. The number of benzene rings is 3. The van der Waals surface area contributed by atoms with Crippen LogP contribution < -0.4 is 15.5 Å². The number of anilines is 2. The van der Waals surface area contributed by atoms with Gasteiger partial charge in [-0.15, -0.1) is 4.61 Å². The summed E-state index contributed by atoms with van der Waals surface area (Å²) in [5.41, 5.74) is 3.93. The summed E-state index contributed by atoms with van der Waals surface area (Å²) in [5.74, 6) is 4.69. The highest BCUT2D eigenvalue weighted by molar-refractivity contribution is 7.74. The summed E-state index contributed by atoms with van der Waals surface area (Å²) in [7, 11) is 0.128. The standard InChI is InChI=1S/C26H28N8O3S/c1-33(38(28)32-31-30-27)23-13-6-11-21(17-23)20-10-5-12-22(16-20)29-25(35)24-14-7-15-34(24)26(36)37-18-19-8-3-2-4-9-19/h2-6,8-13,16-17,24H,7,14-15,18H2,1H3,(H2,27,31)(H,29,35)/t24-/m0/s1. The number of hydrogen-bond donors (Lipinski definition) is 2. The van der Waals surface area contributed by atoms with Gasteiger partial charge in [0.1, 0.15) is 12.6 Å². The van der Waals surface area contributed by atoms with Crippen LogP contribution in [-0.2, 0) is 26.6 Å². The molecule has 3 N–H and O–H groups in total. The summed E-state index contributed by atoms with van der Waals surface area (Å²) < 4.78 is 20.8. The maximum absolute atomic E-state index is 13.1. The molecule has 0 radical (unpaired) electrons. The molecule has 1 atom stereocenters. The average Bonchev–Trinajstić information content (AvgIpc) is 3.45. The molecule has 12 heteroatoms. The zero-order chi connectivity index (χ0) is 26.9. The third kappa shape index (κ3) is 6.55. The van der Waals surface area contributed by atoms with Gasteiger partial charge in [0.15, 0.2) is 10.5 Å². The Labute approximate surface area is 222 Å². The number of hydrogen-bond acceptors (Lipinski definition) is 5. The summed E-state index contributed by atoms with van der Waals surface area (Å²) in [5, 5.41) is 9.26. The number of amides is 2. The molecule has 1 fully saturated rings. The number of nitrogens with two attached hydrogens (primary N) is 1. The van der Waals surface area contributed by atoms with E-state index in [1.807, 2.05) is 72.8 Å². The molecule has 4 rings (SSSR count).